The highest BCUT2D eigenvalue weighted by atomic mass is 32.2. The SMILES string of the molecule is Cc1ccc(S(=O)(=O)N2CCCCC2)cc1-c1ccc(N)c(C(=O)Nc2cnccc2N2CCC[C@H](N)C2)n1. The molecule has 1 amide bonds. The van der Waals surface area contributed by atoms with E-state index in [1.165, 1.54) is 0 Å². The molecule has 0 radical (unpaired) electrons. The zero-order valence-corrected chi connectivity index (χ0v) is 23.0. The average molecular weight is 550 g/mol. The van der Waals surface area contributed by atoms with Crippen molar-refractivity contribution in [2.45, 2.75) is 50.0 Å². The third-order valence-electron chi connectivity index (χ3n) is 7.42. The van der Waals surface area contributed by atoms with E-state index in [9.17, 15) is 13.2 Å². The van der Waals surface area contributed by atoms with Crippen LogP contribution >= 0.6 is 0 Å². The molecule has 11 heteroatoms. The molecule has 2 aliphatic rings. The summed E-state index contributed by atoms with van der Waals surface area (Å²) in [7, 11) is -3.62. The van der Waals surface area contributed by atoms with Crippen LogP contribution < -0.4 is 21.7 Å². The van der Waals surface area contributed by atoms with Gasteiger partial charge in [0.2, 0.25) is 10.0 Å². The molecule has 0 saturated carbocycles. The number of carbonyl (C=O) groups excluding carboxylic acids is 1. The number of nitrogens with two attached hydrogens (primary N) is 2. The summed E-state index contributed by atoms with van der Waals surface area (Å²) in [6.07, 6.45) is 7.99. The molecular formula is C28H35N7O3S. The molecule has 5 N–H and O–H groups in total. The minimum absolute atomic E-state index is 0.0568. The number of rotatable bonds is 6. The lowest BCUT2D eigenvalue weighted by Crippen LogP contribution is -2.43. The van der Waals surface area contributed by atoms with Crippen LogP contribution in [0.15, 0.2) is 53.7 Å². The monoisotopic (exact) mass is 549 g/mol. The number of hydrogen-bond donors (Lipinski definition) is 3. The van der Waals surface area contributed by atoms with Gasteiger partial charge in [0.15, 0.2) is 5.69 Å². The van der Waals surface area contributed by atoms with Gasteiger partial charge in [-0.25, -0.2) is 13.4 Å². The van der Waals surface area contributed by atoms with Crippen LogP contribution in [0.1, 0.15) is 48.2 Å². The van der Waals surface area contributed by atoms with Gasteiger partial charge in [-0.1, -0.05) is 12.5 Å². The van der Waals surface area contributed by atoms with Gasteiger partial charge < -0.3 is 21.7 Å². The van der Waals surface area contributed by atoms with Crippen molar-refractivity contribution >= 4 is 33.0 Å². The second-order valence-electron chi connectivity index (χ2n) is 10.3. The fourth-order valence-corrected chi connectivity index (χ4v) is 6.81. The Morgan fingerprint density at radius 3 is 2.62 bits per heavy atom. The van der Waals surface area contributed by atoms with Crippen LogP contribution in [-0.4, -0.2) is 60.8 Å². The molecule has 1 aromatic carbocycles. The quantitative estimate of drug-likeness (QED) is 0.424. The summed E-state index contributed by atoms with van der Waals surface area (Å²) < 4.78 is 28.1. The van der Waals surface area contributed by atoms with E-state index in [1.54, 1.807) is 47.0 Å². The smallest absolute Gasteiger partial charge is 0.276 e. The predicted octanol–water partition coefficient (Wildman–Crippen LogP) is 3.39. The van der Waals surface area contributed by atoms with Crippen LogP contribution in [0.2, 0.25) is 0 Å². The van der Waals surface area contributed by atoms with Gasteiger partial charge in [-0.2, -0.15) is 4.31 Å². The molecule has 0 unspecified atom stereocenters. The molecule has 206 valence electrons. The molecular weight excluding hydrogens is 514 g/mol. The number of sulfonamides is 1. The number of nitrogens with one attached hydrogen (secondary N) is 1. The molecule has 39 heavy (non-hydrogen) atoms. The summed E-state index contributed by atoms with van der Waals surface area (Å²) >= 11 is 0. The summed E-state index contributed by atoms with van der Waals surface area (Å²) in [6, 6.07) is 10.3. The molecule has 2 aromatic heterocycles. The van der Waals surface area contributed by atoms with E-state index in [0.29, 0.717) is 36.6 Å². The van der Waals surface area contributed by atoms with Crippen molar-refractivity contribution in [2.75, 3.05) is 42.1 Å². The third kappa shape index (κ3) is 5.75. The van der Waals surface area contributed by atoms with Gasteiger partial charge in [0.1, 0.15) is 0 Å². The summed E-state index contributed by atoms with van der Waals surface area (Å²) in [5.41, 5.74) is 16.0. The minimum atomic E-state index is -3.62. The molecule has 10 nitrogen and oxygen atoms in total. The van der Waals surface area contributed by atoms with Crippen LogP contribution in [0.25, 0.3) is 11.3 Å². The maximum absolute atomic E-state index is 13.4. The molecule has 0 spiro atoms. The lowest BCUT2D eigenvalue weighted by Gasteiger charge is -2.33. The van der Waals surface area contributed by atoms with Gasteiger partial charge in [0.05, 0.1) is 33.8 Å². The minimum Gasteiger partial charge on any atom is -0.397 e. The number of hydrogen-bond acceptors (Lipinski definition) is 8. The number of carbonyl (C=O) groups is 1. The molecule has 4 heterocycles. The topological polar surface area (TPSA) is 148 Å². The Hall–Kier alpha value is -3.54. The maximum Gasteiger partial charge on any atom is 0.276 e. The number of nitrogens with zero attached hydrogens (tertiary/aromatic N) is 4. The Morgan fingerprint density at radius 1 is 1.05 bits per heavy atom. The summed E-state index contributed by atoms with van der Waals surface area (Å²) in [4.78, 5) is 24.6. The maximum atomic E-state index is 13.4. The van der Waals surface area contributed by atoms with Crippen molar-refractivity contribution in [3.8, 4) is 11.3 Å². The first-order chi connectivity index (χ1) is 18.7. The molecule has 0 aliphatic carbocycles. The van der Waals surface area contributed by atoms with Gasteiger partial charge in [-0.15, -0.1) is 0 Å². The van der Waals surface area contributed by atoms with Crippen LogP contribution in [0, 0.1) is 6.92 Å². The van der Waals surface area contributed by atoms with Crippen LogP contribution in [-0.2, 0) is 10.0 Å². The highest BCUT2D eigenvalue weighted by molar-refractivity contribution is 7.89. The highest BCUT2D eigenvalue weighted by Gasteiger charge is 2.27. The number of pyridine rings is 2. The van der Waals surface area contributed by atoms with Crippen molar-refractivity contribution in [2.24, 2.45) is 5.73 Å². The van der Waals surface area contributed by atoms with Crippen molar-refractivity contribution in [3.63, 3.8) is 0 Å². The van der Waals surface area contributed by atoms with Gasteiger partial charge in [-0.05, 0) is 68.5 Å². The second-order valence-corrected chi connectivity index (χ2v) is 12.2. The first-order valence-electron chi connectivity index (χ1n) is 13.4. The number of piperidine rings is 2. The number of benzene rings is 1. The van der Waals surface area contributed by atoms with E-state index >= 15 is 0 Å². The standard InChI is InChI=1S/C28H35N7O3S/c1-19-7-8-21(39(37,38)35-14-3-2-4-15-35)16-22(19)24-10-9-23(30)27(32-24)28(36)33-25-17-31-12-11-26(25)34-13-5-6-20(29)18-34/h7-12,16-17,20H,2-6,13-15,18,29-30H2,1H3,(H,33,36)/t20-/m0/s1. The number of anilines is 3. The normalized spacial score (nSPS) is 18.6. The molecule has 0 bridgehead atoms. The fourth-order valence-electron chi connectivity index (χ4n) is 5.26. The molecule has 2 aliphatic heterocycles. The predicted molar refractivity (Wildman–Crippen MR) is 153 cm³/mol. The third-order valence-corrected chi connectivity index (χ3v) is 9.32. The number of nitrogen functional groups attached to an aromatic ring is 1. The molecule has 2 fully saturated rings. The summed E-state index contributed by atoms with van der Waals surface area (Å²) in [5.74, 6) is -0.473. The molecule has 2 saturated heterocycles. The largest absolute Gasteiger partial charge is 0.397 e. The van der Waals surface area contributed by atoms with E-state index < -0.39 is 15.9 Å². The lowest BCUT2D eigenvalue weighted by atomic mass is 10.0. The Kier molecular flexibility index (Phi) is 7.83. The Bertz CT molecular complexity index is 1470. The van der Waals surface area contributed by atoms with E-state index in [4.69, 9.17) is 11.5 Å². The van der Waals surface area contributed by atoms with E-state index in [1.807, 2.05) is 13.0 Å². The van der Waals surface area contributed by atoms with Gasteiger partial charge >= 0.3 is 0 Å². The van der Waals surface area contributed by atoms with Gasteiger partial charge in [0.25, 0.3) is 5.91 Å². The van der Waals surface area contributed by atoms with Gasteiger partial charge in [-0.3, -0.25) is 9.78 Å². The first-order valence-corrected chi connectivity index (χ1v) is 14.8. The average Bonchev–Trinajstić information content (AvgIpc) is 2.94. The Balaban J connectivity index is 1.44. The van der Waals surface area contributed by atoms with E-state index in [-0.39, 0.29) is 22.3 Å². The zero-order valence-electron chi connectivity index (χ0n) is 22.1. The van der Waals surface area contributed by atoms with Crippen molar-refractivity contribution in [1.29, 1.82) is 0 Å². The van der Waals surface area contributed by atoms with Crippen molar-refractivity contribution in [1.82, 2.24) is 14.3 Å². The number of aryl methyl sites for hydroxylation is 1. The molecule has 1 atom stereocenters. The van der Waals surface area contributed by atoms with Crippen LogP contribution in [0.3, 0.4) is 0 Å². The van der Waals surface area contributed by atoms with E-state index in [2.05, 4.69) is 20.2 Å². The van der Waals surface area contributed by atoms with Gasteiger partial charge in [0, 0.05) is 44.0 Å². The fraction of sp³-hybridized carbons (Fsp3) is 0.393. The highest BCUT2D eigenvalue weighted by Crippen LogP contribution is 2.31. The van der Waals surface area contributed by atoms with Crippen molar-refractivity contribution < 1.29 is 13.2 Å². The summed E-state index contributed by atoms with van der Waals surface area (Å²) in [5, 5.41) is 2.92. The number of amides is 1. The number of aromatic nitrogens is 2. The Labute approximate surface area is 229 Å². The van der Waals surface area contributed by atoms with Crippen LogP contribution in [0.5, 0.6) is 0 Å². The molecule has 3 aromatic rings. The second kappa shape index (κ2) is 11.3. The Morgan fingerprint density at radius 2 is 1.85 bits per heavy atom. The molecule has 5 rings (SSSR count). The summed E-state index contributed by atoms with van der Waals surface area (Å²) in [6.45, 7) is 4.46. The first kappa shape index (κ1) is 27.0. The van der Waals surface area contributed by atoms with Crippen molar-refractivity contribution in [3.05, 3.63) is 60.0 Å². The zero-order chi connectivity index (χ0) is 27.6. The lowest BCUT2D eigenvalue weighted by molar-refractivity contribution is 0.102. The van der Waals surface area contributed by atoms with Crippen LogP contribution in [0.4, 0.5) is 17.1 Å². The van der Waals surface area contributed by atoms with E-state index in [0.717, 1.165) is 49.9 Å².